The molecule has 15 heavy (non-hydrogen) atoms. The van der Waals surface area contributed by atoms with Crippen molar-refractivity contribution in [2.75, 3.05) is 7.05 Å². The molecular formula is C11H13FN2O. The molecule has 1 heterocycles. The van der Waals surface area contributed by atoms with E-state index < -0.39 is 6.04 Å². The lowest BCUT2D eigenvalue weighted by atomic mass is 10.0. The number of nitrogens with two attached hydrogens (primary N) is 1. The number of likely N-dealkylation sites (N-methyl/N-ethyl adjacent to an activating group) is 1. The molecular weight excluding hydrogens is 195 g/mol. The van der Waals surface area contributed by atoms with Gasteiger partial charge in [-0.1, -0.05) is 12.1 Å². The maximum atomic E-state index is 12.7. The van der Waals surface area contributed by atoms with Crippen LogP contribution in [-0.2, 0) is 4.79 Å². The van der Waals surface area contributed by atoms with Crippen molar-refractivity contribution in [2.45, 2.75) is 18.5 Å². The van der Waals surface area contributed by atoms with E-state index in [0.717, 1.165) is 5.56 Å². The van der Waals surface area contributed by atoms with Crippen LogP contribution in [0.15, 0.2) is 24.3 Å². The van der Waals surface area contributed by atoms with Crippen molar-refractivity contribution in [2.24, 2.45) is 5.73 Å². The third kappa shape index (κ3) is 1.72. The minimum Gasteiger partial charge on any atom is -0.337 e. The van der Waals surface area contributed by atoms with Gasteiger partial charge in [-0.2, -0.15) is 0 Å². The van der Waals surface area contributed by atoms with Crippen LogP contribution in [0, 0.1) is 5.82 Å². The van der Waals surface area contributed by atoms with Gasteiger partial charge in [0.25, 0.3) is 0 Å². The van der Waals surface area contributed by atoms with E-state index in [4.69, 9.17) is 5.73 Å². The first-order chi connectivity index (χ1) is 7.09. The quantitative estimate of drug-likeness (QED) is 0.750. The molecule has 0 saturated carbocycles. The van der Waals surface area contributed by atoms with Gasteiger partial charge < -0.3 is 10.6 Å². The maximum absolute atomic E-state index is 12.7. The molecule has 1 saturated heterocycles. The van der Waals surface area contributed by atoms with Gasteiger partial charge in [-0.05, 0) is 24.1 Å². The summed E-state index contributed by atoms with van der Waals surface area (Å²) in [5.41, 5.74) is 6.59. The summed E-state index contributed by atoms with van der Waals surface area (Å²) in [5.74, 6) is -0.320. The van der Waals surface area contributed by atoms with Crippen LogP contribution in [0.2, 0.25) is 0 Å². The number of hydrogen-bond donors (Lipinski definition) is 1. The van der Waals surface area contributed by atoms with E-state index in [-0.39, 0.29) is 17.8 Å². The van der Waals surface area contributed by atoms with Crippen LogP contribution in [0.3, 0.4) is 0 Å². The summed E-state index contributed by atoms with van der Waals surface area (Å²) in [6.45, 7) is 0. The van der Waals surface area contributed by atoms with E-state index in [1.807, 2.05) is 0 Å². The predicted octanol–water partition coefficient (Wildman–Crippen LogP) is 1.06. The first-order valence-electron chi connectivity index (χ1n) is 4.87. The topological polar surface area (TPSA) is 46.3 Å². The van der Waals surface area contributed by atoms with Gasteiger partial charge in [0.1, 0.15) is 5.82 Å². The van der Waals surface area contributed by atoms with Crippen LogP contribution < -0.4 is 5.73 Å². The molecule has 0 spiro atoms. The second kappa shape index (κ2) is 3.62. The highest BCUT2D eigenvalue weighted by Gasteiger charge is 2.35. The lowest BCUT2D eigenvalue weighted by molar-refractivity contribution is -0.128. The van der Waals surface area contributed by atoms with Crippen molar-refractivity contribution >= 4 is 5.91 Å². The normalized spacial score (nSPS) is 26.1. The Morgan fingerprint density at radius 2 is 2.00 bits per heavy atom. The summed E-state index contributed by atoms with van der Waals surface area (Å²) >= 11 is 0. The molecule has 0 radical (unpaired) electrons. The first-order valence-corrected chi connectivity index (χ1v) is 4.87. The summed E-state index contributed by atoms with van der Waals surface area (Å²) in [5, 5.41) is 0. The van der Waals surface area contributed by atoms with Crippen LogP contribution in [0.25, 0.3) is 0 Å². The lowest BCUT2D eigenvalue weighted by Crippen LogP contribution is -2.31. The van der Waals surface area contributed by atoms with Crippen LogP contribution in [-0.4, -0.2) is 23.9 Å². The highest BCUT2D eigenvalue weighted by molar-refractivity contribution is 5.84. The summed E-state index contributed by atoms with van der Waals surface area (Å²) in [6, 6.07) is 5.75. The molecule has 2 rings (SSSR count). The monoisotopic (exact) mass is 208 g/mol. The number of amides is 1. The van der Waals surface area contributed by atoms with E-state index >= 15 is 0 Å². The molecule has 2 atom stereocenters. The number of likely N-dealkylation sites (tertiary alicyclic amines) is 1. The minimum absolute atomic E-state index is 0.0203. The molecule has 1 aromatic rings. The molecule has 1 amide bonds. The maximum Gasteiger partial charge on any atom is 0.239 e. The Morgan fingerprint density at radius 3 is 2.47 bits per heavy atom. The number of nitrogens with zero attached hydrogens (tertiary/aromatic N) is 1. The van der Waals surface area contributed by atoms with Crippen molar-refractivity contribution in [3.05, 3.63) is 35.6 Å². The van der Waals surface area contributed by atoms with E-state index in [1.165, 1.54) is 12.1 Å². The molecule has 3 nitrogen and oxygen atoms in total. The van der Waals surface area contributed by atoms with Gasteiger partial charge >= 0.3 is 0 Å². The number of benzene rings is 1. The summed E-state index contributed by atoms with van der Waals surface area (Å²) in [7, 11) is 1.73. The Labute approximate surface area is 87.7 Å². The molecule has 1 aliphatic heterocycles. The number of halogens is 1. The van der Waals surface area contributed by atoms with Crippen molar-refractivity contribution in [1.82, 2.24) is 4.90 Å². The molecule has 4 heteroatoms. The molecule has 0 bridgehead atoms. The van der Waals surface area contributed by atoms with Crippen molar-refractivity contribution in [1.29, 1.82) is 0 Å². The Hall–Kier alpha value is -1.42. The van der Waals surface area contributed by atoms with Gasteiger partial charge in [-0.25, -0.2) is 4.39 Å². The fourth-order valence-corrected chi connectivity index (χ4v) is 1.96. The molecule has 2 N–H and O–H groups in total. The number of hydrogen-bond acceptors (Lipinski definition) is 2. The summed E-state index contributed by atoms with van der Waals surface area (Å²) < 4.78 is 12.7. The van der Waals surface area contributed by atoms with Gasteiger partial charge in [0, 0.05) is 7.05 Å². The van der Waals surface area contributed by atoms with Crippen molar-refractivity contribution < 1.29 is 9.18 Å². The molecule has 80 valence electrons. The fraction of sp³-hybridized carbons (Fsp3) is 0.364. The van der Waals surface area contributed by atoms with Gasteiger partial charge in [0.05, 0.1) is 12.1 Å². The zero-order valence-corrected chi connectivity index (χ0v) is 8.48. The summed E-state index contributed by atoms with van der Waals surface area (Å²) in [6.07, 6.45) is 0.598. The van der Waals surface area contributed by atoms with Gasteiger partial charge in [-0.15, -0.1) is 0 Å². The highest BCUT2D eigenvalue weighted by atomic mass is 19.1. The number of rotatable bonds is 1. The number of carbonyl (C=O) groups is 1. The fourth-order valence-electron chi connectivity index (χ4n) is 1.96. The second-order valence-corrected chi connectivity index (χ2v) is 3.86. The average molecular weight is 208 g/mol. The van der Waals surface area contributed by atoms with Crippen LogP contribution >= 0.6 is 0 Å². The molecule has 1 aliphatic rings. The zero-order chi connectivity index (χ0) is 11.0. The Morgan fingerprint density at radius 1 is 1.40 bits per heavy atom. The molecule has 0 aliphatic carbocycles. The Balaban J connectivity index is 2.25. The van der Waals surface area contributed by atoms with Crippen LogP contribution in [0.1, 0.15) is 18.0 Å². The SMILES string of the molecule is CN1C(=O)[C@H](N)C[C@@H]1c1ccc(F)cc1. The molecule has 1 aromatic carbocycles. The largest absolute Gasteiger partial charge is 0.337 e. The van der Waals surface area contributed by atoms with Crippen molar-refractivity contribution in [3.63, 3.8) is 0 Å². The number of carbonyl (C=O) groups excluding carboxylic acids is 1. The minimum atomic E-state index is -0.426. The van der Waals surface area contributed by atoms with Gasteiger partial charge in [-0.3, -0.25) is 4.79 Å². The van der Waals surface area contributed by atoms with Crippen LogP contribution in [0.4, 0.5) is 4.39 Å². The average Bonchev–Trinajstić information content (AvgIpc) is 2.47. The first kappa shape index (κ1) is 10.1. The van der Waals surface area contributed by atoms with Crippen LogP contribution in [0.5, 0.6) is 0 Å². The lowest BCUT2D eigenvalue weighted by Gasteiger charge is -2.19. The highest BCUT2D eigenvalue weighted by Crippen LogP contribution is 2.30. The van der Waals surface area contributed by atoms with E-state index in [1.54, 1.807) is 24.1 Å². The standard InChI is InChI=1S/C11H13FN2O/c1-14-10(6-9(13)11(14)15)7-2-4-8(12)5-3-7/h2-5,9-10H,6,13H2,1H3/t9-,10-/m1/s1. The third-order valence-electron chi connectivity index (χ3n) is 2.86. The molecule has 1 fully saturated rings. The van der Waals surface area contributed by atoms with Gasteiger partial charge in [0.15, 0.2) is 0 Å². The predicted molar refractivity (Wildman–Crippen MR) is 54.5 cm³/mol. The van der Waals surface area contributed by atoms with E-state index in [2.05, 4.69) is 0 Å². The van der Waals surface area contributed by atoms with E-state index in [9.17, 15) is 9.18 Å². The molecule has 0 unspecified atom stereocenters. The summed E-state index contributed by atoms with van der Waals surface area (Å²) in [4.78, 5) is 13.1. The zero-order valence-electron chi connectivity index (χ0n) is 8.48. The smallest absolute Gasteiger partial charge is 0.239 e. The second-order valence-electron chi connectivity index (χ2n) is 3.86. The Bertz CT molecular complexity index is 377. The van der Waals surface area contributed by atoms with Crippen molar-refractivity contribution in [3.8, 4) is 0 Å². The third-order valence-corrected chi connectivity index (χ3v) is 2.86. The van der Waals surface area contributed by atoms with E-state index in [0.29, 0.717) is 6.42 Å². The molecule has 0 aromatic heterocycles. The van der Waals surface area contributed by atoms with Gasteiger partial charge in [0.2, 0.25) is 5.91 Å². The Kier molecular flexibility index (Phi) is 2.44.